The molecule has 0 radical (unpaired) electrons. The van der Waals surface area contributed by atoms with Gasteiger partial charge in [-0.25, -0.2) is 0 Å². The van der Waals surface area contributed by atoms with Gasteiger partial charge in [0.05, 0.1) is 45.1 Å². The van der Waals surface area contributed by atoms with Crippen LogP contribution in [0.15, 0.2) is 35.7 Å². The van der Waals surface area contributed by atoms with E-state index in [0.717, 1.165) is 31.8 Å². The Kier molecular flexibility index (Phi) is 21.1. The van der Waals surface area contributed by atoms with Crippen molar-refractivity contribution in [2.45, 2.75) is 259 Å². The van der Waals surface area contributed by atoms with Gasteiger partial charge in [-0.15, -0.1) is 0 Å². The molecule has 31 heteroatoms. The van der Waals surface area contributed by atoms with E-state index in [9.17, 15) is 96.7 Å². The van der Waals surface area contributed by atoms with E-state index in [4.69, 9.17) is 56.8 Å². The molecule has 6 heterocycles. The number of fused-ring (bicyclic) bond motifs is 7. The second-order valence-electron chi connectivity index (χ2n) is 29.8. The van der Waals surface area contributed by atoms with Gasteiger partial charge in [-0.05, 0) is 103 Å². The largest absolute Gasteiger partial charge is 0.506 e. The molecule has 0 aromatic rings. The van der Waals surface area contributed by atoms with Gasteiger partial charge in [0, 0.05) is 5.41 Å². The third kappa shape index (κ3) is 12.6. The normalized spacial score (nSPS) is 52.6. The Morgan fingerprint density at radius 3 is 1.77 bits per heavy atom. The highest BCUT2D eigenvalue weighted by Crippen LogP contribution is 2.75. The number of hydrogen-bond donors (Lipinski definition) is 18. The van der Waals surface area contributed by atoms with Crippen molar-refractivity contribution >= 4 is 5.97 Å². The molecule has 0 aromatic carbocycles. The molecule has 35 atom stereocenters. The van der Waals surface area contributed by atoms with Gasteiger partial charge in [-0.3, -0.25) is 4.79 Å². The van der Waals surface area contributed by atoms with E-state index >= 15 is 0 Å². The van der Waals surface area contributed by atoms with E-state index in [-0.39, 0.29) is 51.9 Å². The molecule has 8 fully saturated rings. The van der Waals surface area contributed by atoms with Crippen LogP contribution in [0.25, 0.3) is 0 Å². The fourth-order valence-electron chi connectivity index (χ4n) is 18.4. The van der Waals surface area contributed by atoms with Crippen LogP contribution >= 0.6 is 0 Å². The van der Waals surface area contributed by atoms with Crippen molar-refractivity contribution in [1.29, 1.82) is 0 Å². The van der Waals surface area contributed by atoms with Crippen LogP contribution in [-0.2, 0) is 61.6 Å². The zero-order chi connectivity index (χ0) is 68.2. The zero-order valence-electron chi connectivity index (χ0n) is 53.4. The van der Waals surface area contributed by atoms with E-state index in [2.05, 4.69) is 40.7 Å². The van der Waals surface area contributed by atoms with Crippen molar-refractivity contribution in [1.82, 2.24) is 0 Å². The lowest BCUT2D eigenvalue weighted by Gasteiger charge is -2.71. The summed E-state index contributed by atoms with van der Waals surface area (Å²) in [7, 11) is 0. The minimum Gasteiger partial charge on any atom is -0.506 e. The molecule has 4 saturated heterocycles. The highest BCUT2D eigenvalue weighted by molar-refractivity contribution is 5.73. The van der Waals surface area contributed by atoms with Gasteiger partial charge >= 0.3 is 5.97 Å². The average Bonchev–Trinajstić information content (AvgIpc) is 0.719. The predicted octanol–water partition coefficient (Wildman–Crippen LogP) is -3.56. The van der Waals surface area contributed by atoms with Crippen molar-refractivity contribution in [2.75, 3.05) is 33.0 Å². The monoisotopic (exact) mass is 1350 g/mol. The molecule has 94 heavy (non-hydrogen) atoms. The average molecular weight is 1350 g/mol. The predicted molar refractivity (Wildman–Crippen MR) is 311 cm³/mol. The number of ether oxygens (including phenoxy) is 12. The van der Waals surface area contributed by atoms with Crippen LogP contribution in [0.2, 0.25) is 0 Å². The summed E-state index contributed by atoms with van der Waals surface area (Å²) in [6.45, 7) is 10.2. The number of esters is 1. The minimum atomic E-state index is -1.92. The topological polar surface area (TPSA) is 492 Å². The van der Waals surface area contributed by atoms with Gasteiger partial charge in [0.1, 0.15) is 128 Å². The molecule has 4 saturated carbocycles. The number of carbonyl (C=O) groups excluding carboxylic acids is 1. The lowest BCUT2D eigenvalue weighted by Crippen LogP contribution is -2.66. The Morgan fingerprint density at radius 1 is 0.553 bits per heavy atom. The molecule has 33 unspecified atom stereocenters. The van der Waals surface area contributed by atoms with Crippen molar-refractivity contribution in [3.8, 4) is 0 Å². The second-order valence-corrected chi connectivity index (χ2v) is 29.8. The van der Waals surface area contributed by atoms with Crippen LogP contribution in [0.3, 0.4) is 0 Å². The molecule has 31 nitrogen and oxygen atoms in total. The summed E-state index contributed by atoms with van der Waals surface area (Å²) in [5.74, 6) is -3.02. The Balaban J connectivity index is 0.763. The fraction of sp³-hybridized carbons (Fsp3) is 0.889. The highest BCUT2D eigenvalue weighted by Gasteiger charge is 2.69. The lowest BCUT2D eigenvalue weighted by molar-refractivity contribution is -0.370. The van der Waals surface area contributed by atoms with Gasteiger partial charge in [-0.2, -0.15) is 0 Å². The van der Waals surface area contributed by atoms with Crippen molar-refractivity contribution in [3.63, 3.8) is 0 Å². The van der Waals surface area contributed by atoms with Gasteiger partial charge in [-0.1, -0.05) is 53.2 Å². The smallest absolute Gasteiger partial charge is 0.311 e. The van der Waals surface area contributed by atoms with E-state index < -0.39 is 215 Å². The van der Waals surface area contributed by atoms with Crippen molar-refractivity contribution in [2.24, 2.45) is 56.7 Å². The molecule has 18 N–H and O–H groups in total. The first-order valence-electron chi connectivity index (χ1n) is 32.8. The second kappa shape index (κ2) is 27.4. The fourth-order valence-corrected chi connectivity index (χ4v) is 18.4. The van der Waals surface area contributed by atoms with Crippen molar-refractivity contribution in [3.05, 3.63) is 35.7 Å². The SMILES string of the molecule is CC1(C)CC(C(=O)OC2OC(COC3OC(CO)C(OC4OC=C(O)C(O)C4O)C(O)C3O)C(O)C(O)C2O)C2CC[C@]3(C)C(=CCC4C5(C)CCC(OC6OCC(OC7OC(CO)C(O)C(O)C7O)C(O)C6OC6OC=C(O)C(O)C6O)[C@@](C)(CO)C5CCC43C)C2C1. The molecule has 0 amide bonds. The third-order valence-corrected chi connectivity index (χ3v) is 23.9. The molecular weight excluding hydrogens is 1250 g/mol. The molecule has 0 aromatic heterocycles. The zero-order valence-corrected chi connectivity index (χ0v) is 53.4. The number of carbonyl (C=O) groups is 1. The van der Waals surface area contributed by atoms with Gasteiger partial charge < -0.3 is 149 Å². The van der Waals surface area contributed by atoms with Crippen LogP contribution in [0.5, 0.6) is 0 Å². The first-order chi connectivity index (χ1) is 44.3. The molecular formula is C63H98O31. The molecule has 536 valence electrons. The number of aliphatic hydroxyl groups is 18. The summed E-state index contributed by atoms with van der Waals surface area (Å²) >= 11 is 0. The standard InChI is InChI=1S/C63H98O31/c1-59(2)15-25-24(26(16-59)52(82)94-57-48(80)43(75)40(72)32(89-57)21-85-53-49(81)44(76)50(31(18-65)88-53)92-54-45(77)37(69)28(67)19-83-54)9-13-62(5)27(25)7-8-35-60(3)12-11-36(61(4,23-66)34(60)10-14-63(35,62)6)91-58-51(93-55-46(78)38(70)29(68)20-84-55)41(73)33(22-86-58)90-56-47(79)42(74)39(71)30(17-64)87-56/h7,19-20,24-26,30-51,53-58,64-81H,8-18,21-23H2,1-6H3/t24?,25?,26?,30?,31?,32?,33?,34?,35?,36?,37?,38?,39?,40?,41?,42?,43?,44?,45?,46?,47?,48?,49?,50?,51?,53?,54?,55?,56?,57?,58?,60?,61-,62+,63?/m0/s1. The minimum absolute atomic E-state index is 0.0589. The van der Waals surface area contributed by atoms with Crippen LogP contribution in [-0.4, -0.2) is 291 Å². The Morgan fingerprint density at radius 2 is 1.14 bits per heavy atom. The Labute approximate surface area is 542 Å². The summed E-state index contributed by atoms with van der Waals surface area (Å²) in [6, 6.07) is 0. The number of aliphatic hydroxyl groups excluding tert-OH is 18. The molecule has 0 bridgehead atoms. The van der Waals surface area contributed by atoms with Gasteiger partial charge in [0.15, 0.2) is 30.4 Å². The summed E-state index contributed by atoms with van der Waals surface area (Å²) in [4.78, 5) is 14.8. The maximum atomic E-state index is 14.8. The van der Waals surface area contributed by atoms with Crippen LogP contribution in [0.1, 0.15) is 99.3 Å². The maximum absolute atomic E-state index is 14.8. The van der Waals surface area contributed by atoms with Crippen LogP contribution in [0.4, 0.5) is 0 Å². The highest BCUT2D eigenvalue weighted by atomic mass is 16.8. The van der Waals surface area contributed by atoms with Crippen LogP contribution in [0, 0.1) is 56.7 Å². The van der Waals surface area contributed by atoms with Gasteiger partial charge in [0.2, 0.25) is 18.9 Å². The number of hydrogen-bond acceptors (Lipinski definition) is 31. The van der Waals surface area contributed by atoms with Crippen molar-refractivity contribution < 1.29 is 154 Å². The number of rotatable bonds is 16. The van der Waals surface area contributed by atoms with E-state index in [1.165, 1.54) is 5.57 Å². The lowest BCUT2D eigenvalue weighted by atomic mass is 9.34. The first-order valence-corrected chi connectivity index (χ1v) is 32.8. The third-order valence-electron chi connectivity index (χ3n) is 23.9. The van der Waals surface area contributed by atoms with E-state index in [1.54, 1.807) is 0 Å². The van der Waals surface area contributed by atoms with Crippen LogP contribution < -0.4 is 0 Å². The summed E-state index contributed by atoms with van der Waals surface area (Å²) in [5.41, 5.74) is -1.05. The molecule has 11 rings (SSSR count). The quantitative estimate of drug-likeness (QED) is 0.0404. The summed E-state index contributed by atoms with van der Waals surface area (Å²) < 4.78 is 70.2. The molecule has 11 aliphatic rings. The molecule has 6 aliphatic heterocycles. The van der Waals surface area contributed by atoms with E-state index in [0.29, 0.717) is 38.5 Å². The Bertz CT molecular complexity index is 2740. The molecule has 5 aliphatic carbocycles. The summed E-state index contributed by atoms with van der Waals surface area (Å²) in [6.07, 6.45) is -33.8. The Hall–Kier alpha value is -3.11. The molecule has 0 spiro atoms. The number of allylic oxidation sites excluding steroid dienone is 2. The summed E-state index contributed by atoms with van der Waals surface area (Å²) in [5, 5.41) is 193. The van der Waals surface area contributed by atoms with E-state index in [1.807, 2.05) is 6.92 Å². The maximum Gasteiger partial charge on any atom is 0.311 e. The van der Waals surface area contributed by atoms with Gasteiger partial charge in [0.25, 0.3) is 0 Å². The first kappa shape index (κ1) is 72.2.